The maximum absolute atomic E-state index is 5.92. The summed E-state index contributed by atoms with van der Waals surface area (Å²) in [6.07, 6.45) is 11.5. The zero-order valence-electron chi connectivity index (χ0n) is 10.00. The third-order valence-electron chi connectivity index (χ3n) is 3.69. The molecule has 0 radical (unpaired) electrons. The summed E-state index contributed by atoms with van der Waals surface area (Å²) < 4.78 is 12.4. The molecule has 0 amide bonds. The minimum atomic E-state index is 0.488. The Labute approximate surface area is 113 Å². The first-order valence-electron chi connectivity index (χ1n) is 6.73. The van der Waals surface area contributed by atoms with Gasteiger partial charge in [0.25, 0.3) is 0 Å². The number of hydrogen-bond acceptors (Lipinski definition) is 2. The fourth-order valence-electron chi connectivity index (χ4n) is 2.71. The van der Waals surface area contributed by atoms with E-state index in [1.165, 1.54) is 51.4 Å². The predicted molar refractivity (Wildman–Crippen MR) is 74.2 cm³/mol. The Morgan fingerprint density at radius 3 is 2.19 bits per heavy atom. The average Bonchev–Trinajstić information content (AvgIpc) is 2.79. The van der Waals surface area contributed by atoms with Crippen molar-refractivity contribution in [1.82, 2.24) is 0 Å². The normalized spacial score (nSPS) is 32.1. The van der Waals surface area contributed by atoms with Crippen molar-refractivity contribution in [2.45, 2.75) is 67.5 Å². The highest BCUT2D eigenvalue weighted by molar-refractivity contribution is 14.1. The zero-order valence-corrected chi connectivity index (χ0v) is 12.2. The van der Waals surface area contributed by atoms with Gasteiger partial charge in [-0.25, -0.2) is 0 Å². The first-order chi connectivity index (χ1) is 7.86. The Bertz CT molecular complexity index is 192. The van der Waals surface area contributed by atoms with Gasteiger partial charge in [0.2, 0.25) is 0 Å². The molecule has 0 aromatic heterocycles. The van der Waals surface area contributed by atoms with Gasteiger partial charge in [-0.05, 0) is 25.7 Å². The Balaban J connectivity index is 1.53. The van der Waals surface area contributed by atoms with E-state index in [1.54, 1.807) is 0 Å². The summed E-state index contributed by atoms with van der Waals surface area (Å²) in [4.78, 5) is 0. The van der Waals surface area contributed by atoms with Crippen LogP contribution >= 0.6 is 22.6 Å². The van der Waals surface area contributed by atoms with Crippen molar-refractivity contribution in [3.05, 3.63) is 0 Å². The highest BCUT2D eigenvalue weighted by atomic mass is 127. The lowest BCUT2D eigenvalue weighted by atomic mass is 9.98. The Morgan fingerprint density at radius 2 is 1.44 bits per heavy atom. The lowest BCUT2D eigenvalue weighted by Gasteiger charge is -2.27. The molecular formula is C13H23IO2. The predicted octanol–water partition coefficient (Wildman–Crippen LogP) is 3.71. The molecule has 2 saturated carbocycles. The summed E-state index contributed by atoms with van der Waals surface area (Å²) in [5.74, 6) is 0. The van der Waals surface area contributed by atoms with Crippen molar-refractivity contribution in [2.75, 3.05) is 13.2 Å². The summed E-state index contributed by atoms with van der Waals surface area (Å²) in [6.45, 7) is 1.59. The Kier molecular flexibility index (Phi) is 5.86. The molecule has 3 heteroatoms. The van der Waals surface area contributed by atoms with Crippen LogP contribution in [0.4, 0.5) is 0 Å². The van der Waals surface area contributed by atoms with E-state index in [0.29, 0.717) is 12.2 Å². The average molecular weight is 338 g/mol. The number of hydrogen-bond donors (Lipinski definition) is 0. The quantitative estimate of drug-likeness (QED) is 0.432. The van der Waals surface area contributed by atoms with Crippen LogP contribution in [0.3, 0.4) is 0 Å². The lowest BCUT2D eigenvalue weighted by molar-refractivity contribution is -0.0263. The van der Waals surface area contributed by atoms with Gasteiger partial charge >= 0.3 is 0 Å². The second-order valence-corrected chi connectivity index (χ2v) is 6.59. The Hall–Kier alpha value is 0.650. The highest BCUT2D eigenvalue weighted by Gasteiger charge is 2.23. The van der Waals surface area contributed by atoms with E-state index < -0.39 is 0 Å². The number of ether oxygens (including phenoxy) is 2. The smallest absolute Gasteiger partial charge is 0.0704 e. The molecule has 2 aliphatic carbocycles. The second kappa shape index (κ2) is 7.17. The van der Waals surface area contributed by atoms with Gasteiger partial charge in [-0.15, -0.1) is 0 Å². The van der Waals surface area contributed by atoms with Gasteiger partial charge in [0, 0.05) is 3.92 Å². The van der Waals surface area contributed by atoms with Crippen LogP contribution in [0.25, 0.3) is 0 Å². The van der Waals surface area contributed by atoms with Crippen molar-refractivity contribution >= 4 is 22.6 Å². The summed E-state index contributed by atoms with van der Waals surface area (Å²) >= 11 is 2.54. The standard InChI is InChI=1S/C13H23IO2/c14-12-7-3-4-8-13(12)16-10-9-15-11-5-1-2-6-11/h11-13H,1-10H2. The van der Waals surface area contributed by atoms with Gasteiger partial charge in [-0.2, -0.15) is 0 Å². The van der Waals surface area contributed by atoms with Crippen LogP contribution in [0.15, 0.2) is 0 Å². The van der Waals surface area contributed by atoms with E-state index >= 15 is 0 Å². The molecule has 0 saturated heterocycles. The van der Waals surface area contributed by atoms with Gasteiger partial charge in [0.15, 0.2) is 0 Å². The van der Waals surface area contributed by atoms with E-state index in [9.17, 15) is 0 Å². The van der Waals surface area contributed by atoms with Gasteiger partial charge in [-0.3, -0.25) is 0 Å². The highest BCUT2D eigenvalue weighted by Crippen LogP contribution is 2.27. The van der Waals surface area contributed by atoms with E-state index in [4.69, 9.17) is 9.47 Å². The maximum Gasteiger partial charge on any atom is 0.0704 e. The van der Waals surface area contributed by atoms with Gasteiger partial charge in [-0.1, -0.05) is 48.3 Å². The van der Waals surface area contributed by atoms with Crippen LogP contribution in [-0.2, 0) is 9.47 Å². The molecule has 2 nitrogen and oxygen atoms in total. The summed E-state index contributed by atoms with van der Waals surface area (Å²) in [6, 6.07) is 0. The topological polar surface area (TPSA) is 18.5 Å². The van der Waals surface area contributed by atoms with Gasteiger partial charge < -0.3 is 9.47 Å². The van der Waals surface area contributed by atoms with Crippen LogP contribution < -0.4 is 0 Å². The first-order valence-corrected chi connectivity index (χ1v) is 7.98. The summed E-state index contributed by atoms with van der Waals surface area (Å²) in [7, 11) is 0. The fourth-order valence-corrected chi connectivity index (χ4v) is 3.72. The van der Waals surface area contributed by atoms with Crippen molar-refractivity contribution in [1.29, 1.82) is 0 Å². The molecule has 0 spiro atoms. The molecule has 0 aromatic carbocycles. The molecular weight excluding hydrogens is 315 g/mol. The summed E-state index contributed by atoms with van der Waals surface area (Å²) in [5, 5.41) is 0. The van der Waals surface area contributed by atoms with Gasteiger partial charge in [0.05, 0.1) is 25.4 Å². The SMILES string of the molecule is IC1CCCCC1OCCOC1CCCC1. The van der Waals surface area contributed by atoms with E-state index in [0.717, 1.165) is 17.1 Å². The monoisotopic (exact) mass is 338 g/mol. The second-order valence-electron chi connectivity index (χ2n) is 4.99. The van der Waals surface area contributed by atoms with Crippen LogP contribution in [-0.4, -0.2) is 29.3 Å². The van der Waals surface area contributed by atoms with Crippen molar-refractivity contribution in [3.8, 4) is 0 Å². The molecule has 0 bridgehead atoms. The van der Waals surface area contributed by atoms with Crippen LogP contribution in [0.2, 0.25) is 0 Å². The minimum absolute atomic E-state index is 0.488. The molecule has 0 aromatic rings. The van der Waals surface area contributed by atoms with Gasteiger partial charge in [0.1, 0.15) is 0 Å². The lowest BCUT2D eigenvalue weighted by Crippen LogP contribution is -2.29. The molecule has 2 unspecified atom stereocenters. The van der Waals surface area contributed by atoms with Crippen molar-refractivity contribution in [3.63, 3.8) is 0 Å². The molecule has 2 atom stereocenters. The van der Waals surface area contributed by atoms with E-state index in [1.807, 2.05) is 0 Å². The molecule has 2 rings (SSSR count). The molecule has 0 aliphatic heterocycles. The zero-order chi connectivity index (χ0) is 11.2. The fraction of sp³-hybridized carbons (Fsp3) is 1.00. The third kappa shape index (κ3) is 4.15. The van der Waals surface area contributed by atoms with Crippen LogP contribution in [0.1, 0.15) is 51.4 Å². The van der Waals surface area contributed by atoms with Crippen molar-refractivity contribution in [2.24, 2.45) is 0 Å². The van der Waals surface area contributed by atoms with Crippen LogP contribution in [0, 0.1) is 0 Å². The molecule has 2 aliphatic rings. The first kappa shape index (κ1) is 13.1. The molecule has 0 N–H and O–H groups in total. The van der Waals surface area contributed by atoms with E-state index in [2.05, 4.69) is 22.6 Å². The third-order valence-corrected chi connectivity index (χ3v) is 5.12. The van der Waals surface area contributed by atoms with E-state index in [-0.39, 0.29) is 0 Å². The molecule has 2 fully saturated rings. The minimum Gasteiger partial charge on any atom is -0.376 e. The summed E-state index contributed by atoms with van der Waals surface area (Å²) in [5.41, 5.74) is 0. The van der Waals surface area contributed by atoms with Crippen molar-refractivity contribution < 1.29 is 9.47 Å². The Morgan fingerprint density at radius 1 is 0.812 bits per heavy atom. The largest absolute Gasteiger partial charge is 0.376 e. The maximum atomic E-state index is 5.92. The number of alkyl halides is 1. The molecule has 0 heterocycles. The molecule has 94 valence electrons. The molecule has 16 heavy (non-hydrogen) atoms. The van der Waals surface area contributed by atoms with Crippen LogP contribution in [0.5, 0.6) is 0 Å². The number of halogens is 1. The number of rotatable bonds is 5.